The Labute approximate surface area is 143 Å². The third kappa shape index (κ3) is 2.65. The Morgan fingerprint density at radius 1 is 1.33 bits per heavy atom. The Balaban J connectivity index is 1.56. The number of thiazole rings is 1. The van der Waals surface area contributed by atoms with E-state index < -0.39 is 0 Å². The molecule has 1 aliphatic rings. The van der Waals surface area contributed by atoms with Crippen molar-refractivity contribution >= 4 is 33.6 Å². The second kappa shape index (κ2) is 5.90. The van der Waals surface area contributed by atoms with Crippen LogP contribution in [0.1, 0.15) is 35.3 Å². The van der Waals surface area contributed by atoms with Crippen LogP contribution in [0.15, 0.2) is 28.7 Å². The number of rotatable bonds is 2. The van der Waals surface area contributed by atoms with E-state index in [-0.39, 0.29) is 18.1 Å². The summed E-state index contributed by atoms with van der Waals surface area (Å²) in [6, 6.07) is 8.15. The number of aromatic nitrogens is 2. The Kier molecular flexibility index (Phi) is 3.72. The zero-order valence-electron chi connectivity index (χ0n) is 13.6. The predicted octanol–water partition coefficient (Wildman–Crippen LogP) is 4.27. The Morgan fingerprint density at radius 3 is 2.92 bits per heavy atom. The largest absolute Gasteiger partial charge is 0.428 e. The number of oxazole rings is 1. The SMILES string of the molecule is Cc1nc(NC(=O)N2CCC[C@H]2c2nc3ccccc3s2)oc1C. The van der Waals surface area contributed by atoms with Gasteiger partial charge in [-0.15, -0.1) is 11.3 Å². The van der Waals surface area contributed by atoms with Gasteiger partial charge in [0, 0.05) is 6.54 Å². The van der Waals surface area contributed by atoms with Crippen molar-refractivity contribution in [3.05, 3.63) is 40.7 Å². The molecule has 7 heteroatoms. The lowest BCUT2D eigenvalue weighted by Gasteiger charge is -2.22. The van der Waals surface area contributed by atoms with Gasteiger partial charge in [0.05, 0.1) is 22.0 Å². The van der Waals surface area contributed by atoms with Crippen LogP contribution < -0.4 is 5.32 Å². The third-order valence-corrected chi connectivity index (χ3v) is 5.49. The number of likely N-dealkylation sites (tertiary alicyclic amines) is 1. The molecular weight excluding hydrogens is 324 g/mol. The monoisotopic (exact) mass is 342 g/mol. The number of para-hydroxylation sites is 1. The molecule has 1 aromatic carbocycles. The number of carbonyl (C=O) groups excluding carboxylic acids is 1. The third-order valence-electron chi connectivity index (χ3n) is 4.35. The molecule has 0 aliphatic carbocycles. The molecule has 1 atom stereocenters. The second-order valence-electron chi connectivity index (χ2n) is 5.96. The summed E-state index contributed by atoms with van der Waals surface area (Å²) in [4.78, 5) is 23.4. The summed E-state index contributed by atoms with van der Waals surface area (Å²) < 4.78 is 6.60. The topological polar surface area (TPSA) is 71.3 Å². The van der Waals surface area contributed by atoms with Crippen molar-refractivity contribution in [2.75, 3.05) is 11.9 Å². The average Bonchev–Trinajstić information content (AvgIpc) is 3.26. The zero-order valence-corrected chi connectivity index (χ0v) is 14.4. The van der Waals surface area contributed by atoms with Gasteiger partial charge in [-0.2, -0.15) is 4.98 Å². The normalized spacial score (nSPS) is 17.6. The van der Waals surface area contributed by atoms with Crippen molar-refractivity contribution < 1.29 is 9.21 Å². The minimum atomic E-state index is -0.182. The number of hydrogen-bond acceptors (Lipinski definition) is 5. The van der Waals surface area contributed by atoms with Crippen molar-refractivity contribution in [1.29, 1.82) is 0 Å². The number of anilines is 1. The summed E-state index contributed by atoms with van der Waals surface area (Å²) in [7, 11) is 0. The maximum Gasteiger partial charge on any atom is 0.326 e. The van der Waals surface area contributed by atoms with Gasteiger partial charge < -0.3 is 9.32 Å². The fraction of sp³-hybridized carbons (Fsp3) is 0.353. The molecule has 1 saturated heterocycles. The van der Waals surface area contributed by atoms with Crippen LogP contribution in [-0.2, 0) is 0 Å². The highest BCUT2D eigenvalue weighted by atomic mass is 32.1. The van der Waals surface area contributed by atoms with Gasteiger partial charge in [0.15, 0.2) is 0 Å². The summed E-state index contributed by atoms with van der Waals surface area (Å²) in [6.45, 7) is 4.40. The molecule has 0 bridgehead atoms. The fourth-order valence-electron chi connectivity index (χ4n) is 2.99. The molecule has 1 N–H and O–H groups in total. The second-order valence-corrected chi connectivity index (χ2v) is 7.02. The Hall–Kier alpha value is -2.41. The number of fused-ring (bicyclic) bond motifs is 1. The first kappa shape index (κ1) is 15.1. The Morgan fingerprint density at radius 2 is 2.17 bits per heavy atom. The molecule has 3 heterocycles. The van der Waals surface area contributed by atoms with E-state index >= 15 is 0 Å². The molecule has 0 saturated carbocycles. The number of hydrogen-bond donors (Lipinski definition) is 1. The van der Waals surface area contributed by atoms with Gasteiger partial charge in [-0.25, -0.2) is 9.78 Å². The van der Waals surface area contributed by atoms with Crippen molar-refractivity contribution in [2.45, 2.75) is 32.7 Å². The predicted molar refractivity (Wildman–Crippen MR) is 93.3 cm³/mol. The minimum Gasteiger partial charge on any atom is -0.428 e. The van der Waals surface area contributed by atoms with E-state index in [1.807, 2.05) is 36.9 Å². The first-order valence-corrected chi connectivity index (χ1v) is 8.80. The molecule has 2 amide bonds. The number of benzene rings is 1. The maximum atomic E-state index is 12.6. The van der Waals surface area contributed by atoms with Crippen molar-refractivity contribution in [3.63, 3.8) is 0 Å². The highest BCUT2D eigenvalue weighted by Gasteiger charge is 2.33. The lowest BCUT2D eigenvalue weighted by atomic mass is 10.2. The average molecular weight is 342 g/mol. The van der Waals surface area contributed by atoms with Gasteiger partial charge >= 0.3 is 12.0 Å². The number of aryl methyl sites for hydroxylation is 2. The molecule has 2 aromatic heterocycles. The number of nitrogens with one attached hydrogen (secondary N) is 1. The molecule has 0 radical (unpaired) electrons. The van der Waals surface area contributed by atoms with E-state index in [0.717, 1.165) is 39.5 Å². The molecule has 0 spiro atoms. The van der Waals surface area contributed by atoms with E-state index in [1.54, 1.807) is 11.3 Å². The van der Waals surface area contributed by atoms with Crippen molar-refractivity contribution in [2.24, 2.45) is 0 Å². The van der Waals surface area contributed by atoms with Crippen LogP contribution in [0.4, 0.5) is 10.8 Å². The molecule has 1 aliphatic heterocycles. The van der Waals surface area contributed by atoms with E-state index in [2.05, 4.69) is 16.4 Å². The molecule has 1 fully saturated rings. The van der Waals surface area contributed by atoms with Crippen LogP contribution in [0, 0.1) is 13.8 Å². The van der Waals surface area contributed by atoms with Gasteiger partial charge in [-0.3, -0.25) is 5.32 Å². The molecular formula is C17H18N4O2S. The van der Waals surface area contributed by atoms with Gasteiger partial charge in [0.1, 0.15) is 10.8 Å². The van der Waals surface area contributed by atoms with Gasteiger partial charge in [-0.1, -0.05) is 12.1 Å². The zero-order chi connectivity index (χ0) is 16.7. The highest BCUT2D eigenvalue weighted by molar-refractivity contribution is 7.18. The quantitative estimate of drug-likeness (QED) is 0.755. The maximum absolute atomic E-state index is 12.6. The standard InChI is InChI=1S/C17H18N4O2S/c1-10-11(2)23-16(18-10)20-17(22)21-9-5-7-13(21)15-19-12-6-3-4-8-14(12)24-15/h3-4,6,8,13H,5,7,9H2,1-2H3,(H,18,20,22)/t13-/m0/s1. The molecule has 3 aromatic rings. The van der Waals surface area contributed by atoms with E-state index in [0.29, 0.717) is 6.54 Å². The lowest BCUT2D eigenvalue weighted by Crippen LogP contribution is -2.34. The van der Waals surface area contributed by atoms with Crippen LogP contribution in [-0.4, -0.2) is 27.4 Å². The van der Waals surface area contributed by atoms with Crippen molar-refractivity contribution in [3.8, 4) is 0 Å². The van der Waals surface area contributed by atoms with E-state index in [1.165, 1.54) is 0 Å². The van der Waals surface area contributed by atoms with Crippen LogP contribution in [0.25, 0.3) is 10.2 Å². The number of amides is 2. The smallest absolute Gasteiger partial charge is 0.326 e. The fourth-order valence-corrected chi connectivity index (χ4v) is 4.10. The van der Waals surface area contributed by atoms with Crippen molar-refractivity contribution in [1.82, 2.24) is 14.9 Å². The molecule has 4 rings (SSSR count). The van der Waals surface area contributed by atoms with Crippen LogP contribution in [0.5, 0.6) is 0 Å². The molecule has 124 valence electrons. The van der Waals surface area contributed by atoms with Gasteiger partial charge in [-0.05, 0) is 38.8 Å². The first-order valence-electron chi connectivity index (χ1n) is 7.99. The summed E-state index contributed by atoms with van der Waals surface area (Å²) >= 11 is 1.66. The van der Waals surface area contributed by atoms with E-state index in [9.17, 15) is 4.79 Å². The lowest BCUT2D eigenvalue weighted by molar-refractivity contribution is 0.206. The molecule has 6 nitrogen and oxygen atoms in total. The number of nitrogens with zero attached hydrogens (tertiary/aromatic N) is 3. The van der Waals surface area contributed by atoms with Gasteiger partial charge in [0.2, 0.25) is 0 Å². The molecule has 24 heavy (non-hydrogen) atoms. The van der Waals surface area contributed by atoms with Crippen LogP contribution in [0.2, 0.25) is 0 Å². The summed E-state index contributed by atoms with van der Waals surface area (Å²) in [5.41, 5.74) is 1.78. The summed E-state index contributed by atoms with van der Waals surface area (Å²) in [5, 5.41) is 3.75. The highest BCUT2D eigenvalue weighted by Crippen LogP contribution is 2.36. The summed E-state index contributed by atoms with van der Waals surface area (Å²) in [5.74, 6) is 0.717. The first-order chi connectivity index (χ1) is 11.6. The van der Waals surface area contributed by atoms with E-state index in [4.69, 9.17) is 9.40 Å². The Bertz CT molecular complexity index is 849. The number of urea groups is 1. The minimum absolute atomic E-state index is 0.0135. The number of carbonyl (C=O) groups is 1. The van der Waals surface area contributed by atoms with Crippen LogP contribution >= 0.6 is 11.3 Å². The van der Waals surface area contributed by atoms with Crippen LogP contribution in [0.3, 0.4) is 0 Å². The van der Waals surface area contributed by atoms with Gasteiger partial charge in [0.25, 0.3) is 0 Å². The summed E-state index contributed by atoms with van der Waals surface area (Å²) in [6.07, 6.45) is 1.90. The molecule has 0 unspecified atom stereocenters.